The highest BCUT2D eigenvalue weighted by molar-refractivity contribution is 6.00. The van der Waals surface area contributed by atoms with Crippen molar-refractivity contribution >= 4 is 17.9 Å². The molecule has 0 bridgehead atoms. The zero-order valence-electron chi connectivity index (χ0n) is 8.71. The number of carbonyl (C=O) groups is 1. The van der Waals surface area contributed by atoms with Crippen LogP contribution in [0.1, 0.15) is 5.56 Å². The number of carbonyl (C=O) groups excluding carboxylic acids is 1. The number of rotatable bonds is 3. The summed E-state index contributed by atoms with van der Waals surface area (Å²) < 4.78 is 1.67. The van der Waals surface area contributed by atoms with Gasteiger partial charge in [0.25, 0.3) is 5.91 Å². The Balaban J connectivity index is 1.94. The SMILES string of the molecule is Cn1cc(C=CC(=O)Nc2ncc[nH]2)cn1. The van der Waals surface area contributed by atoms with Gasteiger partial charge in [0, 0.05) is 37.3 Å². The molecule has 0 saturated carbocycles. The van der Waals surface area contributed by atoms with Crippen molar-refractivity contribution in [1.82, 2.24) is 19.7 Å². The van der Waals surface area contributed by atoms with Crippen LogP contribution in [0.2, 0.25) is 0 Å². The lowest BCUT2D eigenvalue weighted by Gasteiger charge is -1.94. The molecule has 6 heteroatoms. The van der Waals surface area contributed by atoms with Crippen molar-refractivity contribution in [3.05, 3.63) is 36.4 Å². The summed E-state index contributed by atoms with van der Waals surface area (Å²) in [5, 5.41) is 6.56. The van der Waals surface area contributed by atoms with Crippen LogP contribution in [0.25, 0.3) is 6.08 Å². The molecule has 2 N–H and O–H groups in total. The third-order valence-corrected chi connectivity index (χ3v) is 1.89. The Labute approximate surface area is 92.0 Å². The zero-order chi connectivity index (χ0) is 11.4. The highest BCUT2D eigenvalue weighted by Gasteiger charge is 1.98. The van der Waals surface area contributed by atoms with Crippen LogP contribution in [-0.2, 0) is 11.8 Å². The Kier molecular flexibility index (Phi) is 2.81. The average Bonchev–Trinajstić information content (AvgIpc) is 2.87. The molecule has 2 aromatic heterocycles. The lowest BCUT2D eigenvalue weighted by atomic mass is 10.3. The smallest absolute Gasteiger partial charge is 0.250 e. The molecular weight excluding hydrogens is 206 g/mol. The van der Waals surface area contributed by atoms with E-state index in [0.29, 0.717) is 5.95 Å². The highest BCUT2D eigenvalue weighted by Crippen LogP contribution is 2.00. The number of H-pyrrole nitrogens is 1. The van der Waals surface area contributed by atoms with Crippen LogP contribution in [0.5, 0.6) is 0 Å². The summed E-state index contributed by atoms with van der Waals surface area (Å²) in [5.74, 6) is 0.194. The monoisotopic (exact) mass is 217 g/mol. The maximum absolute atomic E-state index is 11.4. The molecule has 16 heavy (non-hydrogen) atoms. The van der Waals surface area contributed by atoms with Gasteiger partial charge in [0.15, 0.2) is 0 Å². The number of hydrogen-bond acceptors (Lipinski definition) is 3. The number of aromatic nitrogens is 4. The molecule has 0 radical (unpaired) electrons. The summed E-state index contributed by atoms with van der Waals surface area (Å²) in [6, 6.07) is 0. The van der Waals surface area contributed by atoms with Gasteiger partial charge in [0.1, 0.15) is 0 Å². The first-order valence-electron chi connectivity index (χ1n) is 4.71. The van der Waals surface area contributed by atoms with E-state index in [-0.39, 0.29) is 5.91 Å². The summed E-state index contributed by atoms with van der Waals surface area (Å²) in [6.45, 7) is 0. The van der Waals surface area contributed by atoms with Gasteiger partial charge in [-0.25, -0.2) is 4.98 Å². The van der Waals surface area contributed by atoms with Gasteiger partial charge in [-0.2, -0.15) is 5.10 Å². The third-order valence-electron chi connectivity index (χ3n) is 1.89. The summed E-state index contributed by atoms with van der Waals surface area (Å²) in [7, 11) is 1.82. The second-order valence-corrected chi connectivity index (χ2v) is 3.21. The number of amides is 1. The van der Waals surface area contributed by atoms with E-state index in [0.717, 1.165) is 5.56 Å². The molecule has 0 aliphatic heterocycles. The highest BCUT2D eigenvalue weighted by atomic mass is 16.1. The third kappa shape index (κ3) is 2.57. The summed E-state index contributed by atoms with van der Waals surface area (Å²) in [5.41, 5.74) is 0.872. The van der Waals surface area contributed by atoms with Crippen LogP contribution in [0, 0.1) is 0 Å². The number of nitrogens with one attached hydrogen (secondary N) is 2. The van der Waals surface area contributed by atoms with E-state index in [4.69, 9.17) is 0 Å². The molecule has 0 atom stereocenters. The van der Waals surface area contributed by atoms with Gasteiger partial charge in [-0.15, -0.1) is 0 Å². The van der Waals surface area contributed by atoms with Gasteiger partial charge < -0.3 is 4.98 Å². The molecule has 2 aromatic rings. The molecule has 0 aliphatic rings. The number of aromatic amines is 1. The quantitative estimate of drug-likeness (QED) is 0.746. The molecule has 0 aliphatic carbocycles. The first-order valence-corrected chi connectivity index (χ1v) is 4.71. The molecule has 0 unspecified atom stereocenters. The van der Waals surface area contributed by atoms with Crippen molar-refractivity contribution in [1.29, 1.82) is 0 Å². The van der Waals surface area contributed by atoms with Crippen molar-refractivity contribution in [3.63, 3.8) is 0 Å². The van der Waals surface area contributed by atoms with Crippen molar-refractivity contribution in [3.8, 4) is 0 Å². The lowest BCUT2D eigenvalue weighted by Crippen LogP contribution is -2.08. The van der Waals surface area contributed by atoms with E-state index in [1.807, 2.05) is 13.2 Å². The van der Waals surface area contributed by atoms with E-state index in [2.05, 4.69) is 20.4 Å². The van der Waals surface area contributed by atoms with E-state index >= 15 is 0 Å². The maximum atomic E-state index is 11.4. The van der Waals surface area contributed by atoms with Gasteiger partial charge in [-0.1, -0.05) is 0 Å². The molecule has 82 valence electrons. The normalized spacial score (nSPS) is 10.8. The van der Waals surface area contributed by atoms with E-state index in [9.17, 15) is 4.79 Å². The molecule has 2 heterocycles. The summed E-state index contributed by atoms with van der Waals surface area (Å²) in [4.78, 5) is 18.1. The molecule has 0 saturated heterocycles. The molecular formula is C10H11N5O. The zero-order valence-corrected chi connectivity index (χ0v) is 8.71. The summed E-state index contributed by atoms with van der Waals surface area (Å²) >= 11 is 0. The van der Waals surface area contributed by atoms with E-state index < -0.39 is 0 Å². The number of imidazole rings is 1. The topological polar surface area (TPSA) is 75.6 Å². The van der Waals surface area contributed by atoms with Gasteiger partial charge in [-0.3, -0.25) is 14.8 Å². The molecule has 1 amide bonds. The fourth-order valence-corrected chi connectivity index (χ4v) is 1.19. The van der Waals surface area contributed by atoms with Gasteiger partial charge in [-0.05, 0) is 6.08 Å². The summed E-state index contributed by atoms with van der Waals surface area (Å²) in [6.07, 6.45) is 9.82. The Hall–Kier alpha value is -2.37. The van der Waals surface area contributed by atoms with Gasteiger partial charge in [0.05, 0.1) is 6.20 Å². The average molecular weight is 217 g/mol. The largest absolute Gasteiger partial charge is 0.331 e. The second-order valence-electron chi connectivity index (χ2n) is 3.21. The van der Waals surface area contributed by atoms with Crippen LogP contribution in [0.15, 0.2) is 30.9 Å². The minimum atomic E-state index is -0.237. The Morgan fingerprint density at radius 1 is 1.62 bits per heavy atom. The van der Waals surface area contributed by atoms with Crippen LogP contribution in [0.4, 0.5) is 5.95 Å². The fraction of sp³-hybridized carbons (Fsp3) is 0.100. The Morgan fingerprint density at radius 2 is 2.50 bits per heavy atom. The predicted molar refractivity (Wildman–Crippen MR) is 59.5 cm³/mol. The fourth-order valence-electron chi connectivity index (χ4n) is 1.19. The molecule has 0 aromatic carbocycles. The Bertz CT molecular complexity index is 497. The second kappa shape index (κ2) is 4.43. The molecule has 0 fully saturated rings. The van der Waals surface area contributed by atoms with Crippen LogP contribution >= 0.6 is 0 Å². The molecule has 2 rings (SSSR count). The number of aryl methyl sites for hydroxylation is 1. The minimum absolute atomic E-state index is 0.237. The molecule has 6 nitrogen and oxygen atoms in total. The number of nitrogens with zero attached hydrogens (tertiary/aromatic N) is 3. The first-order chi connectivity index (χ1) is 7.74. The van der Waals surface area contributed by atoms with Gasteiger partial charge in [0.2, 0.25) is 5.95 Å². The number of hydrogen-bond donors (Lipinski definition) is 2. The van der Waals surface area contributed by atoms with Crippen LogP contribution in [-0.4, -0.2) is 25.7 Å². The first kappa shape index (κ1) is 10.2. The van der Waals surface area contributed by atoms with Crippen LogP contribution in [0.3, 0.4) is 0 Å². The van der Waals surface area contributed by atoms with Crippen molar-refractivity contribution in [2.24, 2.45) is 7.05 Å². The van der Waals surface area contributed by atoms with Crippen molar-refractivity contribution in [2.75, 3.05) is 5.32 Å². The van der Waals surface area contributed by atoms with E-state index in [1.54, 1.807) is 29.3 Å². The minimum Gasteiger partial charge on any atom is -0.331 e. The molecule has 0 spiro atoms. The van der Waals surface area contributed by atoms with Crippen molar-refractivity contribution in [2.45, 2.75) is 0 Å². The maximum Gasteiger partial charge on any atom is 0.250 e. The predicted octanol–water partition coefficient (Wildman–Crippen LogP) is 0.795. The van der Waals surface area contributed by atoms with E-state index in [1.165, 1.54) is 6.08 Å². The lowest BCUT2D eigenvalue weighted by molar-refractivity contribution is -0.111. The van der Waals surface area contributed by atoms with Crippen molar-refractivity contribution < 1.29 is 4.79 Å². The standard InChI is InChI=1S/C10H11N5O/c1-15-7-8(6-13-15)2-3-9(16)14-10-11-4-5-12-10/h2-7H,1H3,(H2,11,12,14,16). The van der Waals surface area contributed by atoms with Gasteiger partial charge >= 0.3 is 0 Å². The number of anilines is 1. The Morgan fingerprint density at radius 3 is 3.12 bits per heavy atom. The van der Waals surface area contributed by atoms with Crippen LogP contribution < -0.4 is 5.32 Å².